The highest BCUT2D eigenvalue weighted by Gasteiger charge is 2.07. The number of nitrogens with two attached hydrogens (primary N) is 1. The van der Waals surface area contributed by atoms with Gasteiger partial charge in [0, 0.05) is 13.2 Å². The summed E-state index contributed by atoms with van der Waals surface area (Å²) < 4.78 is 7.37. The summed E-state index contributed by atoms with van der Waals surface area (Å²) in [5.74, 6) is 0.943. The van der Waals surface area contributed by atoms with Crippen LogP contribution >= 0.6 is 11.8 Å². The Kier molecular flexibility index (Phi) is 4.31. The third-order valence-corrected chi connectivity index (χ3v) is 3.20. The zero-order valence-electron chi connectivity index (χ0n) is 11.3. The summed E-state index contributed by atoms with van der Waals surface area (Å²) in [6.07, 6.45) is 3.74. The van der Waals surface area contributed by atoms with E-state index >= 15 is 0 Å². The van der Waals surface area contributed by atoms with Crippen LogP contribution in [-0.4, -0.2) is 21.4 Å². The molecule has 0 saturated carbocycles. The van der Waals surface area contributed by atoms with Gasteiger partial charge in [0.1, 0.15) is 5.03 Å². The normalized spacial score (nSPS) is 10.9. The minimum Gasteiger partial charge on any atom is -0.476 e. The van der Waals surface area contributed by atoms with Gasteiger partial charge in [0.25, 0.3) is 0 Å². The van der Waals surface area contributed by atoms with E-state index in [9.17, 15) is 0 Å². The highest BCUT2D eigenvalue weighted by atomic mass is 32.2. The number of pyridine rings is 1. The summed E-state index contributed by atoms with van der Waals surface area (Å²) in [6, 6.07) is 3.70. The first kappa shape index (κ1) is 13.7. The molecule has 19 heavy (non-hydrogen) atoms. The lowest BCUT2D eigenvalue weighted by Gasteiger charge is -2.10. The maximum absolute atomic E-state index is 5.86. The van der Waals surface area contributed by atoms with Gasteiger partial charge in [-0.25, -0.2) is 4.98 Å². The first-order valence-electron chi connectivity index (χ1n) is 6.10. The molecule has 0 bridgehead atoms. The number of anilines is 1. The number of aromatic nitrogens is 3. The van der Waals surface area contributed by atoms with E-state index in [2.05, 4.69) is 23.9 Å². The standard InChI is InChI=1S/C13H18N4OS/c1-9(2)8-18-13-11(14)4-5-12(16-13)19-10-6-15-17(3)7-10/h4-7,9H,8,14H2,1-3H3. The van der Waals surface area contributed by atoms with E-state index < -0.39 is 0 Å². The molecule has 0 aliphatic rings. The summed E-state index contributed by atoms with van der Waals surface area (Å²) in [7, 11) is 1.89. The molecule has 102 valence electrons. The third kappa shape index (κ3) is 3.89. The first-order valence-corrected chi connectivity index (χ1v) is 6.92. The Bertz CT molecular complexity index is 553. The Balaban J connectivity index is 2.11. The average Bonchev–Trinajstić information content (AvgIpc) is 2.75. The minimum absolute atomic E-state index is 0.441. The second-order valence-corrected chi connectivity index (χ2v) is 5.79. The summed E-state index contributed by atoms with van der Waals surface area (Å²) >= 11 is 1.54. The lowest BCUT2D eigenvalue weighted by Crippen LogP contribution is -2.07. The van der Waals surface area contributed by atoms with Crippen molar-refractivity contribution in [2.75, 3.05) is 12.3 Å². The van der Waals surface area contributed by atoms with Crippen LogP contribution in [0.4, 0.5) is 5.69 Å². The number of hydrogen-bond acceptors (Lipinski definition) is 5. The van der Waals surface area contributed by atoms with E-state index in [0.29, 0.717) is 24.1 Å². The maximum atomic E-state index is 5.86. The largest absolute Gasteiger partial charge is 0.476 e. The van der Waals surface area contributed by atoms with Crippen molar-refractivity contribution in [1.29, 1.82) is 0 Å². The number of nitrogens with zero attached hydrogens (tertiary/aromatic N) is 3. The number of rotatable bonds is 5. The van der Waals surface area contributed by atoms with E-state index in [0.717, 1.165) is 9.92 Å². The van der Waals surface area contributed by atoms with Crippen LogP contribution in [0, 0.1) is 5.92 Å². The van der Waals surface area contributed by atoms with Gasteiger partial charge in [0.15, 0.2) is 0 Å². The molecule has 0 saturated heterocycles. The summed E-state index contributed by atoms with van der Waals surface area (Å²) in [6.45, 7) is 4.78. The Labute approximate surface area is 117 Å². The molecule has 2 aromatic heterocycles. The van der Waals surface area contributed by atoms with Crippen molar-refractivity contribution in [3.05, 3.63) is 24.5 Å². The van der Waals surface area contributed by atoms with Crippen molar-refractivity contribution in [1.82, 2.24) is 14.8 Å². The predicted octanol–water partition coefficient (Wildman–Crippen LogP) is 2.58. The van der Waals surface area contributed by atoms with Crippen molar-refractivity contribution < 1.29 is 4.74 Å². The van der Waals surface area contributed by atoms with Gasteiger partial charge in [-0.15, -0.1) is 0 Å². The minimum atomic E-state index is 0.441. The van der Waals surface area contributed by atoms with Gasteiger partial charge in [-0.05, 0) is 18.1 Å². The molecule has 0 aliphatic heterocycles. The van der Waals surface area contributed by atoms with E-state index in [1.807, 2.05) is 25.4 Å². The van der Waals surface area contributed by atoms with Crippen LogP contribution in [0.5, 0.6) is 5.88 Å². The van der Waals surface area contributed by atoms with Crippen LogP contribution in [0.15, 0.2) is 34.4 Å². The molecule has 2 N–H and O–H groups in total. The molecule has 0 aliphatic carbocycles. The fraction of sp³-hybridized carbons (Fsp3) is 0.385. The van der Waals surface area contributed by atoms with Crippen LogP contribution in [-0.2, 0) is 7.05 Å². The first-order chi connectivity index (χ1) is 9.04. The molecule has 6 heteroatoms. The van der Waals surface area contributed by atoms with E-state index in [-0.39, 0.29) is 0 Å². The van der Waals surface area contributed by atoms with Crippen molar-refractivity contribution in [3.8, 4) is 5.88 Å². The second kappa shape index (κ2) is 5.97. The maximum Gasteiger partial charge on any atom is 0.238 e. The smallest absolute Gasteiger partial charge is 0.238 e. The van der Waals surface area contributed by atoms with Crippen molar-refractivity contribution in [3.63, 3.8) is 0 Å². The fourth-order valence-corrected chi connectivity index (χ4v) is 2.24. The summed E-state index contributed by atoms with van der Waals surface area (Å²) in [5.41, 5.74) is 6.43. The molecule has 2 heterocycles. The number of nitrogen functional groups attached to an aromatic ring is 1. The third-order valence-electron chi connectivity index (χ3n) is 2.32. The molecule has 0 radical (unpaired) electrons. The molecule has 0 atom stereocenters. The Morgan fingerprint density at radius 3 is 2.84 bits per heavy atom. The molecule has 2 rings (SSSR count). The monoisotopic (exact) mass is 278 g/mol. The van der Waals surface area contributed by atoms with Gasteiger partial charge in [-0.2, -0.15) is 5.10 Å². The van der Waals surface area contributed by atoms with Crippen LogP contribution in [0.1, 0.15) is 13.8 Å². The van der Waals surface area contributed by atoms with Gasteiger partial charge in [0.2, 0.25) is 5.88 Å². The van der Waals surface area contributed by atoms with Gasteiger partial charge in [0.05, 0.1) is 23.4 Å². The van der Waals surface area contributed by atoms with Crippen LogP contribution in [0.3, 0.4) is 0 Å². The van der Waals surface area contributed by atoms with E-state index in [4.69, 9.17) is 10.5 Å². The van der Waals surface area contributed by atoms with Crippen molar-refractivity contribution in [2.45, 2.75) is 23.8 Å². The molecule has 5 nitrogen and oxygen atoms in total. The zero-order chi connectivity index (χ0) is 13.8. The Morgan fingerprint density at radius 1 is 1.42 bits per heavy atom. The van der Waals surface area contributed by atoms with Crippen LogP contribution in [0.2, 0.25) is 0 Å². The highest BCUT2D eigenvalue weighted by molar-refractivity contribution is 7.99. The van der Waals surface area contributed by atoms with E-state index in [1.165, 1.54) is 11.8 Å². The molecule has 2 aromatic rings. The lowest BCUT2D eigenvalue weighted by atomic mass is 10.2. The quantitative estimate of drug-likeness (QED) is 0.910. The molecule has 0 amide bonds. The zero-order valence-corrected chi connectivity index (χ0v) is 12.1. The Morgan fingerprint density at radius 2 is 2.21 bits per heavy atom. The molecule has 0 unspecified atom stereocenters. The molecule has 0 spiro atoms. The van der Waals surface area contributed by atoms with Gasteiger partial charge in [-0.1, -0.05) is 25.6 Å². The van der Waals surface area contributed by atoms with E-state index in [1.54, 1.807) is 10.9 Å². The van der Waals surface area contributed by atoms with Crippen molar-refractivity contribution >= 4 is 17.4 Å². The van der Waals surface area contributed by atoms with Gasteiger partial charge < -0.3 is 10.5 Å². The molecule has 0 aromatic carbocycles. The molecular weight excluding hydrogens is 260 g/mol. The lowest BCUT2D eigenvalue weighted by molar-refractivity contribution is 0.261. The van der Waals surface area contributed by atoms with Gasteiger partial charge >= 0.3 is 0 Å². The summed E-state index contributed by atoms with van der Waals surface area (Å²) in [4.78, 5) is 5.46. The topological polar surface area (TPSA) is 66.0 Å². The molecule has 0 fully saturated rings. The van der Waals surface area contributed by atoms with Crippen LogP contribution < -0.4 is 10.5 Å². The van der Waals surface area contributed by atoms with Crippen molar-refractivity contribution in [2.24, 2.45) is 13.0 Å². The Hall–Kier alpha value is -1.69. The SMILES string of the molecule is CC(C)COc1nc(Sc2cnn(C)c2)ccc1N. The summed E-state index contributed by atoms with van der Waals surface area (Å²) in [5, 5.41) is 4.97. The number of ether oxygens (including phenoxy) is 1. The average molecular weight is 278 g/mol. The highest BCUT2D eigenvalue weighted by Crippen LogP contribution is 2.29. The number of hydrogen-bond donors (Lipinski definition) is 1. The predicted molar refractivity (Wildman–Crippen MR) is 76.3 cm³/mol. The fourth-order valence-electron chi connectivity index (χ4n) is 1.42. The molecular formula is C13H18N4OS. The second-order valence-electron chi connectivity index (χ2n) is 4.70. The van der Waals surface area contributed by atoms with Gasteiger partial charge in [-0.3, -0.25) is 4.68 Å². The number of aryl methyl sites for hydroxylation is 1. The van der Waals surface area contributed by atoms with Crippen LogP contribution in [0.25, 0.3) is 0 Å².